The van der Waals surface area contributed by atoms with E-state index >= 15 is 0 Å². The number of carbonyl (C=O) groups is 1. The molecule has 0 bridgehead atoms. The zero-order chi connectivity index (χ0) is 10.7. The fourth-order valence-corrected chi connectivity index (χ4v) is 1.20. The van der Waals surface area contributed by atoms with Crippen molar-refractivity contribution >= 4 is 5.97 Å². The van der Waals surface area contributed by atoms with Crippen LogP contribution in [-0.4, -0.2) is 33.5 Å². The van der Waals surface area contributed by atoms with Gasteiger partial charge < -0.3 is 4.74 Å². The molecule has 2 aromatic heterocycles. The molecular formula is C9H8N4O2. The van der Waals surface area contributed by atoms with Crippen LogP contribution in [0.2, 0.25) is 0 Å². The number of ether oxygens (including phenoxy) is 1. The first-order valence-corrected chi connectivity index (χ1v) is 4.22. The molecule has 0 saturated carbocycles. The Bertz CT molecular complexity index is 467. The lowest BCUT2D eigenvalue weighted by Gasteiger charge is -2.02. The molecule has 76 valence electrons. The fourth-order valence-electron chi connectivity index (χ4n) is 1.20. The molecule has 0 radical (unpaired) electrons. The number of pyridine rings is 1. The second-order valence-electron chi connectivity index (χ2n) is 2.75. The third kappa shape index (κ3) is 1.69. The Morgan fingerprint density at radius 2 is 2.40 bits per heavy atom. The summed E-state index contributed by atoms with van der Waals surface area (Å²) in [5, 5.41) is 9.97. The highest BCUT2D eigenvalue weighted by Crippen LogP contribution is 2.17. The molecule has 0 aliphatic rings. The van der Waals surface area contributed by atoms with Crippen LogP contribution in [0.5, 0.6) is 0 Å². The lowest BCUT2D eigenvalue weighted by molar-refractivity contribution is 0.0601. The highest BCUT2D eigenvalue weighted by Gasteiger charge is 2.15. The van der Waals surface area contributed by atoms with Crippen molar-refractivity contribution in [3.05, 3.63) is 30.1 Å². The Hall–Kier alpha value is -2.24. The molecule has 6 nitrogen and oxygen atoms in total. The number of nitrogens with one attached hydrogen (secondary N) is 1. The van der Waals surface area contributed by atoms with Crippen molar-refractivity contribution in [3.63, 3.8) is 0 Å². The molecule has 0 spiro atoms. The van der Waals surface area contributed by atoms with Gasteiger partial charge in [-0.2, -0.15) is 15.4 Å². The summed E-state index contributed by atoms with van der Waals surface area (Å²) in [6, 6.07) is 3.29. The summed E-state index contributed by atoms with van der Waals surface area (Å²) in [5.41, 5.74) is 1.34. The predicted octanol–water partition coefficient (Wildman–Crippen LogP) is 0.653. The average Bonchev–Trinajstić information content (AvgIpc) is 2.81. The maximum absolute atomic E-state index is 11.4. The molecule has 0 amide bonds. The van der Waals surface area contributed by atoms with Crippen molar-refractivity contribution in [1.82, 2.24) is 20.4 Å². The van der Waals surface area contributed by atoms with Crippen LogP contribution in [-0.2, 0) is 4.74 Å². The fraction of sp³-hybridized carbons (Fsp3) is 0.111. The smallest absolute Gasteiger partial charge is 0.340 e. The van der Waals surface area contributed by atoms with E-state index < -0.39 is 5.97 Å². The highest BCUT2D eigenvalue weighted by molar-refractivity contribution is 5.95. The largest absolute Gasteiger partial charge is 0.465 e. The second-order valence-corrected chi connectivity index (χ2v) is 2.75. The van der Waals surface area contributed by atoms with Crippen LogP contribution in [0.1, 0.15) is 10.4 Å². The minimum absolute atomic E-state index is 0.369. The zero-order valence-corrected chi connectivity index (χ0v) is 7.97. The van der Waals surface area contributed by atoms with E-state index in [1.807, 2.05) is 0 Å². The molecule has 1 N–H and O–H groups in total. The number of hydrogen-bond acceptors (Lipinski definition) is 5. The molecule has 0 atom stereocenters. The quantitative estimate of drug-likeness (QED) is 0.726. The molecule has 2 heterocycles. The first-order chi connectivity index (χ1) is 7.33. The van der Waals surface area contributed by atoms with Gasteiger partial charge in [-0.1, -0.05) is 0 Å². The summed E-state index contributed by atoms with van der Waals surface area (Å²) in [6.07, 6.45) is 3.07. The van der Waals surface area contributed by atoms with Gasteiger partial charge in [-0.25, -0.2) is 4.79 Å². The summed E-state index contributed by atoms with van der Waals surface area (Å²) >= 11 is 0. The molecule has 15 heavy (non-hydrogen) atoms. The summed E-state index contributed by atoms with van der Waals surface area (Å²) in [6.45, 7) is 0. The minimum Gasteiger partial charge on any atom is -0.465 e. The number of carbonyl (C=O) groups excluding carboxylic acids is 1. The number of nitrogens with zero attached hydrogens (tertiary/aromatic N) is 3. The van der Waals surface area contributed by atoms with Crippen molar-refractivity contribution in [2.24, 2.45) is 0 Å². The first-order valence-electron chi connectivity index (χ1n) is 4.22. The summed E-state index contributed by atoms with van der Waals surface area (Å²) in [7, 11) is 1.32. The van der Waals surface area contributed by atoms with E-state index in [0.29, 0.717) is 17.0 Å². The van der Waals surface area contributed by atoms with Crippen LogP contribution in [0.15, 0.2) is 24.5 Å². The van der Waals surface area contributed by atoms with Gasteiger partial charge in [0.25, 0.3) is 0 Å². The van der Waals surface area contributed by atoms with Gasteiger partial charge in [0, 0.05) is 6.20 Å². The van der Waals surface area contributed by atoms with Crippen LogP contribution in [0.4, 0.5) is 0 Å². The van der Waals surface area contributed by atoms with Gasteiger partial charge in [0.2, 0.25) is 0 Å². The number of aromatic amines is 1. The van der Waals surface area contributed by atoms with E-state index in [9.17, 15) is 4.79 Å². The maximum atomic E-state index is 11.4. The van der Waals surface area contributed by atoms with Crippen molar-refractivity contribution in [3.8, 4) is 11.4 Å². The Morgan fingerprint density at radius 3 is 3.07 bits per heavy atom. The van der Waals surface area contributed by atoms with Gasteiger partial charge in [-0.3, -0.25) is 4.98 Å². The number of aromatic nitrogens is 4. The molecule has 2 aromatic rings. The summed E-state index contributed by atoms with van der Waals surface area (Å²) in [4.78, 5) is 15.5. The zero-order valence-electron chi connectivity index (χ0n) is 7.97. The molecule has 0 aromatic carbocycles. The van der Waals surface area contributed by atoms with E-state index in [4.69, 9.17) is 0 Å². The maximum Gasteiger partial charge on any atom is 0.340 e. The minimum atomic E-state index is -0.443. The van der Waals surface area contributed by atoms with E-state index in [1.54, 1.807) is 18.3 Å². The highest BCUT2D eigenvalue weighted by atomic mass is 16.5. The van der Waals surface area contributed by atoms with Crippen molar-refractivity contribution in [2.75, 3.05) is 7.11 Å². The Labute approximate surface area is 85.3 Å². The van der Waals surface area contributed by atoms with Crippen molar-refractivity contribution in [1.29, 1.82) is 0 Å². The van der Waals surface area contributed by atoms with Gasteiger partial charge in [-0.05, 0) is 12.1 Å². The molecule has 0 aliphatic heterocycles. The summed E-state index contributed by atoms with van der Waals surface area (Å²) in [5.74, 6) is -0.443. The molecule has 0 saturated heterocycles. The van der Waals surface area contributed by atoms with Gasteiger partial charge in [0.15, 0.2) is 0 Å². The first kappa shape index (κ1) is 9.32. The monoisotopic (exact) mass is 204 g/mol. The van der Waals surface area contributed by atoms with Crippen LogP contribution in [0.3, 0.4) is 0 Å². The SMILES string of the molecule is COC(=O)c1cccnc1-c1cn[nH]n1. The van der Waals surface area contributed by atoms with Gasteiger partial charge in [0.1, 0.15) is 11.4 Å². The number of esters is 1. The molecule has 0 unspecified atom stereocenters. The third-order valence-corrected chi connectivity index (χ3v) is 1.87. The van der Waals surface area contributed by atoms with Crippen molar-refractivity contribution < 1.29 is 9.53 Å². The topological polar surface area (TPSA) is 80.8 Å². The Kier molecular flexibility index (Phi) is 2.40. The van der Waals surface area contributed by atoms with Crippen LogP contribution in [0.25, 0.3) is 11.4 Å². The molecule has 2 rings (SSSR count). The molecule has 6 heteroatoms. The number of rotatable bonds is 2. The lowest BCUT2D eigenvalue weighted by atomic mass is 10.1. The van der Waals surface area contributed by atoms with Crippen LogP contribution < -0.4 is 0 Å². The number of methoxy groups -OCH3 is 1. The molecule has 0 aliphatic carbocycles. The van der Waals surface area contributed by atoms with Gasteiger partial charge >= 0.3 is 5.97 Å². The van der Waals surface area contributed by atoms with E-state index in [1.165, 1.54) is 13.3 Å². The lowest BCUT2D eigenvalue weighted by Crippen LogP contribution is -2.04. The Morgan fingerprint density at radius 1 is 1.53 bits per heavy atom. The third-order valence-electron chi connectivity index (χ3n) is 1.87. The standard InChI is InChI=1S/C9H8N4O2/c1-15-9(14)6-3-2-4-10-8(6)7-5-11-13-12-7/h2-5H,1H3,(H,11,12,13). The molecular weight excluding hydrogens is 196 g/mol. The number of H-pyrrole nitrogens is 1. The van der Waals surface area contributed by atoms with E-state index in [0.717, 1.165) is 0 Å². The normalized spacial score (nSPS) is 9.93. The second kappa shape index (κ2) is 3.87. The number of hydrogen-bond donors (Lipinski definition) is 1. The van der Waals surface area contributed by atoms with E-state index in [2.05, 4.69) is 25.1 Å². The van der Waals surface area contributed by atoms with Gasteiger partial charge in [0.05, 0.1) is 18.9 Å². The Balaban J connectivity index is 2.52. The van der Waals surface area contributed by atoms with Crippen molar-refractivity contribution in [2.45, 2.75) is 0 Å². The average molecular weight is 204 g/mol. The molecule has 0 fully saturated rings. The van der Waals surface area contributed by atoms with Gasteiger partial charge in [-0.15, -0.1) is 0 Å². The van der Waals surface area contributed by atoms with Crippen LogP contribution >= 0.6 is 0 Å². The predicted molar refractivity (Wildman–Crippen MR) is 51.0 cm³/mol. The van der Waals surface area contributed by atoms with Crippen LogP contribution in [0, 0.1) is 0 Å². The summed E-state index contributed by atoms with van der Waals surface area (Å²) < 4.78 is 4.64. The van der Waals surface area contributed by atoms with E-state index in [-0.39, 0.29) is 0 Å².